The second-order valence-electron chi connectivity index (χ2n) is 14.4. The van der Waals surface area contributed by atoms with Gasteiger partial charge in [-0.3, -0.25) is 19.6 Å². The zero-order valence-corrected chi connectivity index (χ0v) is 36.3. The van der Waals surface area contributed by atoms with E-state index in [2.05, 4.69) is 44.8 Å². The molecule has 0 radical (unpaired) electrons. The van der Waals surface area contributed by atoms with Crippen LogP contribution in [-0.4, -0.2) is 79.5 Å². The lowest BCUT2D eigenvalue weighted by Gasteiger charge is -2.24. The molecule has 0 aromatic carbocycles. The van der Waals surface area contributed by atoms with Gasteiger partial charge in [-0.25, -0.2) is 9.59 Å². The van der Waals surface area contributed by atoms with Crippen molar-refractivity contribution in [2.75, 3.05) is 24.7 Å². The first-order valence-electron chi connectivity index (χ1n) is 19.7. The molecule has 0 saturated carbocycles. The largest absolute Gasteiger partial charge is 0.493 e. The molecule has 2 amide bonds. The van der Waals surface area contributed by atoms with E-state index in [0.717, 1.165) is 38.5 Å². The van der Waals surface area contributed by atoms with E-state index in [1.54, 1.807) is 39.8 Å². The number of hydrogen-bond acceptors (Lipinski definition) is 16. The molecule has 2 aliphatic rings. The second kappa shape index (κ2) is 23.1. The Labute approximate surface area is 347 Å². The van der Waals surface area contributed by atoms with Crippen LogP contribution in [0.5, 0.6) is 11.5 Å². The van der Waals surface area contributed by atoms with E-state index < -0.39 is 34.4 Å². The summed E-state index contributed by atoms with van der Waals surface area (Å²) in [5.74, 6) is 1.94. The van der Waals surface area contributed by atoms with Crippen molar-refractivity contribution in [1.82, 2.24) is 10.6 Å². The van der Waals surface area contributed by atoms with Gasteiger partial charge in [-0.05, 0) is 53.4 Å². The lowest BCUT2D eigenvalue weighted by molar-refractivity contribution is -0.126. The molecule has 16 nitrogen and oxygen atoms in total. The second-order valence-corrected chi connectivity index (χ2v) is 16.3. The highest BCUT2D eigenvalue weighted by atomic mass is 32.2. The summed E-state index contributed by atoms with van der Waals surface area (Å²) in [6.07, 6.45) is 6.52. The maximum absolute atomic E-state index is 13.0. The zero-order chi connectivity index (χ0) is 42.9. The Morgan fingerprint density at radius 2 is 1.10 bits per heavy atom. The van der Waals surface area contributed by atoms with Crippen molar-refractivity contribution in [1.29, 1.82) is 0 Å². The fraction of sp³-hybridized carbons (Fsp3) is 0.600. The Kier molecular flexibility index (Phi) is 19.1. The molecule has 0 spiro atoms. The van der Waals surface area contributed by atoms with Crippen LogP contribution in [0.25, 0.3) is 0 Å². The molecular weight excluding hydrogens is 789 g/mol. The first-order chi connectivity index (χ1) is 27.6. The number of rotatable bonds is 20. The van der Waals surface area contributed by atoms with Crippen LogP contribution in [0.4, 0.5) is 0 Å². The quantitative estimate of drug-likeness (QED) is 0.0455. The number of nitrogens with one attached hydrogen (secondary N) is 2. The summed E-state index contributed by atoms with van der Waals surface area (Å²) in [6, 6.07) is 5.02. The smallest absolute Gasteiger partial charge is 0.339 e. The normalized spacial score (nSPS) is 20.3. The van der Waals surface area contributed by atoms with E-state index in [-0.39, 0.29) is 11.8 Å². The number of hydrogen-bond donors (Lipinski definition) is 4. The fourth-order valence-electron chi connectivity index (χ4n) is 5.58. The Morgan fingerprint density at radius 1 is 0.724 bits per heavy atom. The Morgan fingerprint density at radius 3 is 1.43 bits per heavy atom. The van der Waals surface area contributed by atoms with Gasteiger partial charge in [0.2, 0.25) is 11.8 Å². The number of aliphatic imine (C=N–C) groups is 2. The Hall–Kier alpha value is -4.58. The molecule has 2 aromatic heterocycles. The Bertz CT molecular complexity index is 1810. The Balaban J connectivity index is 0.000000310. The van der Waals surface area contributed by atoms with Crippen LogP contribution < -0.4 is 31.4 Å². The van der Waals surface area contributed by atoms with Crippen LogP contribution in [0.15, 0.2) is 63.0 Å². The number of ether oxygens (including phenoxy) is 2. The molecular formula is C40H58N6O10S2. The average Bonchev–Trinajstić information content (AvgIpc) is 3.81. The van der Waals surface area contributed by atoms with E-state index in [9.17, 15) is 19.2 Å². The molecule has 2 aromatic rings. The maximum Gasteiger partial charge on any atom is 0.339 e. The number of carbonyl (C=O) groups is 2. The van der Waals surface area contributed by atoms with Crippen LogP contribution in [0.3, 0.4) is 0 Å². The number of carbonyl (C=O) groups excluding carboxylic acids is 2. The van der Waals surface area contributed by atoms with Gasteiger partial charge in [0.15, 0.2) is 0 Å². The molecule has 0 unspecified atom stereocenters. The van der Waals surface area contributed by atoms with Crippen LogP contribution in [0.2, 0.25) is 0 Å². The fourth-order valence-corrected chi connectivity index (χ4v) is 7.84. The van der Waals surface area contributed by atoms with Crippen molar-refractivity contribution in [2.45, 2.75) is 130 Å². The van der Waals surface area contributed by atoms with Gasteiger partial charge in [-0.2, -0.15) is 0 Å². The van der Waals surface area contributed by atoms with Crippen molar-refractivity contribution in [3.8, 4) is 11.5 Å². The standard InChI is InChI=1S/2C20H29N3O5S/c2*1-5-7-9-27-14-10-16(28-17(24)11-14)15(8-6-2)21-19(25)20(4)12-29-18(22-20)13(3)23-26/h2*10-11,15,26H,5-9,12H2,1-4H3,(H,21,25)/b23-13+;23-13-/t2*15-,20+/m11/s1. The van der Waals surface area contributed by atoms with Gasteiger partial charge in [0, 0.05) is 23.6 Å². The third kappa shape index (κ3) is 13.8. The summed E-state index contributed by atoms with van der Waals surface area (Å²) < 4.78 is 22.0. The summed E-state index contributed by atoms with van der Waals surface area (Å²) in [5.41, 5.74) is -2.26. The minimum atomic E-state index is -0.993. The first-order valence-corrected chi connectivity index (χ1v) is 21.6. The van der Waals surface area contributed by atoms with E-state index >= 15 is 0 Å². The van der Waals surface area contributed by atoms with Gasteiger partial charge in [-0.1, -0.05) is 63.7 Å². The topological polar surface area (TPSA) is 227 Å². The van der Waals surface area contributed by atoms with E-state index in [1.807, 2.05) is 13.8 Å². The minimum Gasteiger partial charge on any atom is -0.493 e. The molecule has 0 bridgehead atoms. The predicted molar refractivity (Wildman–Crippen MR) is 229 cm³/mol. The SMILES string of the molecule is CCCCOc1cc([C@@H](CCC)NC(=O)[C@]2(C)CSC(/C(C)=N/O)=N2)oc(=O)c1.CCCCOc1cc([C@@H](CCC)NC(=O)[C@]2(C)CSC(/C(C)=N\O)=N2)oc(=O)c1. The number of oxime groups is 2. The average molecular weight is 847 g/mol. The number of amides is 2. The lowest BCUT2D eigenvalue weighted by atomic mass is 10.0. The van der Waals surface area contributed by atoms with Crippen LogP contribution in [0.1, 0.15) is 130 Å². The summed E-state index contributed by atoms with van der Waals surface area (Å²) >= 11 is 2.74. The van der Waals surface area contributed by atoms with Gasteiger partial charge >= 0.3 is 11.3 Å². The molecule has 58 heavy (non-hydrogen) atoms. The first kappa shape index (κ1) is 47.8. The molecule has 4 rings (SSSR count). The van der Waals surface area contributed by atoms with Crippen molar-refractivity contribution in [3.63, 3.8) is 0 Å². The summed E-state index contributed by atoms with van der Waals surface area (Å²) in [7, 11) is 0. The minimum absolute atomic E-state index is 0.274. The van der Waals surface area contributed by atoms with Crippen LogP contribution in [0, 0.1) is 0 Å². The molecule has 320 valence electrons. The van der Waals surface area contributed by atoms with Crippen molar-refractivity contribution >= 4 is 56.8 Å². The monoisotopic (exact) mass is 846 g/mol. The van der Waals surface area contributed by atoms with Crippen LogP contribution >= 0.6 is 23.5 Å². The highest BCUT2D eigenvalue weighted by molar-refractivity contribution is 8.16. The van der Waals surface area contributed by atoms with Gasteiger partial charge in [0.1, 0.15) is 55.6 Å². The molecule has 4 atom stereocenters. The highest BCUT2D eigenvalue weighted by Gasteiger charge is 2.41. The number of thioether (sulfide) groups is 2. The van der Waals surface area contributed by atoms with Gasteiger partial charge in [-0.15, -0.1) is 23.5 Å². The molecule has 0 saturated heterocycles. The third-order valence-electron chi connectivity index (χ3n) is 9.09. The summed E-state index contributed by atoms with van der Waals surface area (Å²) in [6.45, 7) is 15.9. The summed E-state index contributed by atoms with van der Waals surface area (Å²) in [4.78, 5) is 58.8. The van der Waals surface area contributed by atoms with E-state index in [4.69, 9.17) is 28.7 Å². The lowest BCUT2D eigenvalue weighted by Crippen LogP contribution is -2.45. The summed E-state index contributed by atoms with van der Waals surface area (Å²) in [5, 5.41) is 31.2. The third-order valence-corrected chi connectivity index (χ3v) is 11.8. The number of nitrogens with zero attached hydrogens (tertiary/aromatic N) is 4. The van der Waals surface area contributed by atoms with Gasteiger partial charge in [0.05, 0.1) is 37.4 Å². The molecule has 0 aliphatic carbocycles. The number of unbranched alkanes of at least 4 members (excludes halogenated alkanes) is 2. The molecule has 18 heteroatoms. The molecule has 2 aliphatic heterocycles. The van der Waals surface area contributed by atoms with Crippen LogP contribution in [-0.2, 0) is 9.59 Å². The maximum atomic E-state index is 13.0. The van der Waals surface area contributed by atoms with E-state index in [1.165, 1.54) is 35.7 Å². The predicted octanol–water partition coefficient (Wildman–Crippen LogP) is 7.06. The van der Waals surface area contributed by atoms with E-state index in [0.29, 0.717) is 82.1 Å². The molecule has 0 fully saturated rings. The highest BCUT2D eigenvalue weighted by Crippen LogP contribution is 2.32. The van der Waals surface area contributed by atoms with Gasteiger partial charge in [0.25, 0.3) is 0 Å². The zero-order valence-electron chi connectivity index (χ0n) is 34.7. The van der Waals surface area contributed by atoms with Crippen molar-refractivity contribution < 1.29 is 38.3 Å². The van der Waals surface area contributed by atoms with Crippen molar-refractivity contribution in [2.24, 2.45) is 20.3 Å². The van der Waals surface area contributed by atoms with Gasteiger partial charge < -0.3 is 39.4 Å². The molecule has 4 N–H and O–H groups in total. The van der Waals surface area contributed by atoms with Crippen molar-refractivity contribution in [3.05, 3.63) is 56.6 Å². The molecule has 4 heterocycles.